The molecule has 12 heteroatoms. The highest BCUT2D eigenvalue weighted by Crippen LogP contribution is 2.34. The van der Waals surface area contributed by atoms with E-state index in [1.54, 1.807) is 28.1 Å². The second-order valence-corrected chi connectivity index (χ2v) is 9.92. The van der Waals surface area contributed by atoms with E-state index in [4.69, 9.17) is 9.47 Å². The van der Waals surface area contributed by atoms with Gasteiger partial charge in [-0.2, -0.15) is 0 Å². The van der Waals surface area contributed by atoms with Crippen molar-refractivity contribution in [3.63, 3.8) is 0 Å². The van der Waals surface area contributed by atoms with Crippen LogP contribution in [0.3, 0.4) is 0 Å². The Hall–Kier alpha value is -3.38. The number of amides is 2. The van der Waals surface area contributed by atoms with Crippen molar-refractivity contribution < 1.29 is 23.9 Å². The quantitative estimate of drug-likeness (QED) is 0.312. The van der Waals surface area contributed by atoms with E-state index in [0.29, 0.717) is 28.6 Å². The summed E-state index contributed by atoms with van der Waals surface area (Å²) < 4.78 is 12.0. The maximum atomic E-state index is 12.8. The van der Waals surface area contributed by atoms with E-state index in [0.717, 1.165) is 28.5 Å². The van der Waals surface area contributed by atoms with Gasteiger partial charge in [0.05, 0.1) is 30.4 Å². The summed E-state index contributed by atoms with van der Waals surface area (Å²) >= 11 is 2.31. The maximum absolute atomic E-state index is 12.8. The van der Waals surface area contributed by atoms with Crippen molar-refractivity contribution in [3.8, 4) is 5.75 Å². The molecule has 0 aliphatic rings. The number of nitrogens with one attached hydrogen (secondary N) is 1. The van der Waals surface area contributed by atoms with Crippen LogP contribution < -0.4 is 10.1 Å². The third-order valence-electron chi connectivity index (χ3n) is 5.35. The molecule has 36 heavy (non-hydrogen) atoms. The molecule has 0 aliphatic carbocycles. The van der Waals surface area contributed by atoms with Gasteiger partial charge in [-0.15, -0.1) is 21.5 Å². The van der Waals surface area contributed by atoms with Crippen molar-refractivity contribution in [2.75, 3.05) is 39.4 Å². The number of aromatic nitrogens is 3. The first kappa shape index (κ1) is 27.2. The number of hydrogen-bond donors (Lipinski definition) is 1. The van der Waals surface area contributed by atoms with Crippen molar-refractivity contribution in [1.29, 1.82) is 0 Å². The Bertz CT molecular complexity index is 1250. The summed E-state index contributed by atoms with van der Waals surface area (Å²) in [6, 6.07) is 7.75. The van der Waals surface area contributed by atoms with E-state index in [1.807, 2.05) is 35.8 Å². The molecule has 0 fully saturated rings. The molecule has 2 aromatic heterocycles. The minimum atomic E-state index is -0.613. The average Bonchev–Trinajstić information content (AvgIpc) is 3.41. The number of rotatable bonds is 10. The third-order valence-corrected chi connectivity index (χ3v) is 7.52. The van der Waals surface area contributed by atoms with Gasteiger partial charge in [-0.3, -0.25) is 9.59 Å². The van der Waals surface area contributed by atoms with E-state index in [1.165, 1.54) is 23.8 Å². The average molecular weight is 532 g/mol. The van der Waals surface area contributed by atoms with Crippen LogP contribution in [0, 0.1) is 6.92 Å². The molecular weight excluding hydrogens is 502 g/mol. The first-order valence-corrected chi connectivity index (χ1v) is 12.9. The molecule has 3 rings (SSSR count). The Morgan fingerprint density at radius 2 is 1.83 bits per heavy atom. The summed E-state index contributed by atoms with van der Waals surface area (Å²) in [5, 5.41) is 12.2. The van der Waals surface area contributed by atoms with Gasteiger partial charge in [-0.25, -0.2) is 4.79 Å². The number of benzene rings is 1. The molecule has 0 atom stereocenters. The smallest absolute Gasteiger partial charge is 0.341 e. The summed E-state index contributed by atoms with van der Waals surface area (Å²) in [5.74, 6) is 0.426. The van der Waals surface area contributed by atoms with Crippen LogP contribution in [0.1, 0.15) is 43.9 Å². The molecule has 0 bridgehead atoms. The standard InChI is InChI=1S/C24H29N5O5S2/c1-7-29-17(12-15-8-10-16(33-5)11-9-15)26-27-24(29)35-13-18(30)25-21-19(23(32)34-6)14(2)20(36-21)22(31)28(3)4/h8-11H,7,12-13H2,1-6H3,(H,25,30). The Balaban J connectivity index is 1.72. The monoisotopic (exact) mass is 531 g/mol. The van der Waals surface area contributed by atoms with E-state index < -0.39 is 5.97 Å². The molecule has 3 aromatic rings. The SMILES string of the molecule is CCn1c(Cc2ccc(OC)cc2)nnc1SCC(=O)Nc1sc(C(=O)N(C)C)c(C)c1C(=O)OC. The van der Waals surface area contributed by atoms with Gasteiger partial charge in [0, 0.05) is 27.1 Å². The molecular formula is C24H29N5O5S2. The largest absolute Gasteiger partial charge is 0.497 e. The molecule has 192 valence electrons. The minimum Gasteiger partial charge on any atom is -0.497 e. The zero-order chi connectivity index (χ0) is 26.4. The minimum absolute atomic E-state index is 0.0508. The number of methoxy groups -OCH3 is 2. The molecule has 0 aliphatic heterocycles. The molecule has 2 heterocycles. The Labute approximate surface area is 218 Å². The molecule has 1 aromatic carbocycles. The fourth-order valence-corrected chi connectivity index (χ4v) is 5.50. The maximum Gasteiger partial charge on any atom is 0.341 e. The molecule has 0 saturated carbocycles. The number of anilines is 1. The van der Waals surface area contributed by atoms with Crippen molar-refractivity contribution >= 4 is 45.9 Å². The molecule has 0 radical (unpaired) electrons. The second-order valence-electron chi connectivity index (χ2n) is 7.96. The molecule has 10 nitrogen and oxygen atoms in total. The van der Waals surface area contributed by atoms with E-state index in [2.05, 4.69) is 15.5 Å². The van der Waals surface area contributed by atoms with Gasteiger partial charge >= 0.3 is 5.97 Å². The number of ether oxygens (including phenoxy) is 2. The van der Waals surface area contributed by atoms with Crippen LogP contribution in [0.5, 0.6) is 5.75 Å². The van der Waals surface area contributed by atoms with E-state index >= 15 is 0 Å². The number of carbonyl (C=O) groups is 3. The van der Waals surface area contributed by atoms with Crippen molar-refractivity contribution in [1.82, 2.24) is 19.7 Å². The van der Waals surface area contributed by atoms with Gasteiger partial charge in [0.1, 0.15) is 16.6 Å². The summed E-state index contributed by atoms with van der Waals surface area (Å²) in [6.07, 6.45) is 0.594. The van der Waals surface area contributed by atoms with Gasteiger partial charge in [-0.1, -0.05) is 23.9 Å². The van der Waals surface area contributed by atoms with Crippen LogP contribution in [0.25, 0.3) is 0 Å². The zero-order valence-electron chi connectivity index (χ0n) is 21.1. The Kier molecular flexibility index (Phi) is 9.10. The molecule has 0 spiro atoms. The highest BCUT2D eigenvalue weighted by atomic mass is 32.2. The van der Waals surface area contributed by atoms with Crippen molar-refractivity contribution in [2.24, 2.45) is 0 Å². The fourth-order valence-electron chi connectivity index (χ4n) is 3.45. The predicted octanol–water partition coefficient (Wildman–Crippen LogP) is 3.49. The predicted molar refractivity (Wildman–Crippen MR) is 139 cm³/mol. The van der Waals surface area contributed by atoms with Gasteiger partial charge in [0.2, 0.25) is 5.91 Å². The Morgan fingerprint density at radius 3 is 2.42 bits per heavy atom. The third kappa shape index (κ3) is 6.05. The highest BCUT2D eigenvalue weighted by molar-refractivity contribution is 7.99. The van der Waals surface area contributed by atoms with Crippen molar-refractivity contribution in [2.45, 2.75) is 32.0 Å². The topological polar surface area (TPSA) is 116 Å². The summed E-state index contributed by atoms with van der Waals surface area (Å²) in [6.45, 7) is 4.30. The summed E-state index contributed by atoms with van der Waals surface area (Å²) in [7, 11) is 6.14. The summed E-state index contributed by atoms with van der Waals surface area (Å²) in [4.78, 5) is 39.5. The highest BCUT2D eigenvalue weighted by Gasteiger charge is 2.27. The lowest BCUT2D eigenvalue weighted by Gasteiger charge is -2.08. The normalized spacial score (nSPS) is 10.7. The first-order valence-electron chi connectivity index (χ1n) is 11.1. The van der Waals surface area contributed by atoms with Crippen LogP contribution in [-0.4, -0.2) is 71.5 Å². The number of esters is 1. The van der Waals surface area contributed by atoms with Gasteiger partial charge < -0.3 is 24.3 Å². The van der Waals surface area contributed by atoms with E-state index in [-0.39, 0.29) is 28.1 Å². The van der Waals surface area contributed by atoms with Gasteiger partial charge in [0.15, 0.2) is 5.16 Å². The number of nitrogens with zero attached hydrogens (tertiary/aromatic N) is 4. The lowest BCUT2D eigenvalue weighted by Crippen LogP contribution is -2.21. The lowest BCUT2D eigenvalue weighted by atomic mass is 10.1. The van der Waals surface area contributed by atoms with Gasteiger partial charge in [0.25, 0.3) is 5.91 Å². The summed E-state index contributed by atoms with van der Waals surface area (Å²) in [5.41, 5.74) is 1.73. The van der Waals surface area contributed by atoms with Crippen molar-refractivity contribution in [3.05, 3.63) is 51.7 Å². The van der Waals surface area contributed by atoms with Crippen LogP contribution >= 0.6 is 23.1 Å². The molecule has 2 amide bonds. The molecule has 0 unspecified atom stereocenters. The fraction of sp³-hybridized carbons (Fsp3) is 0.375. The number of carbonyl (C=O) groups excluding carboxylic acids is 3. The number of thiophene rings is 1. The Morgan fingerprint density at radius 1 is 1.14 bits per heavy atom. The molecule has 1 N–H and O–H groups in total. The van der Waals surface area contributed by atoms with E-state index in [9.17, 15) is 14.4 Å². The van der Waals surface area contributed by atoms with Gasteiger partial charge in [-0.05, 0) is 37.1 Å². The first-order chi connectivity index (χ1) is 17.2. The zero-order valence-corrected chi connectivity index (χ0v) is 22.7. The van der Waals surface area contributed by atoms with Crippen LogP contribution in [0.15, 0.2) is 29.4 Å². The lowest BCUT2D eigenvalue weighted by molar-refractivity contribution is -0.113. The van der Waals surface area contributed by atoms with Crippen LogP contribution in [0.2, 0.25) is 0 Å². The van der Waals surface area contributed by atoms with Crippen LogP contribution in [0.4, 0.5) is 5.00 Å². The van der Waals surface area contributed by atoms with Crippen LogP contribution in [-0.2, 0) is 22.5 Å². The number of hydrogen-bond acceptors (Lipinski definition) is 9. The number of thioether (sulfide) groups is 1. The second kappa shape index (κ2) is 12.0. The molecule has 0 saturated heterocycles.